The molecule has 0 saturated heterocycles. The van der Waals surface area contributed by atoms with Gasteiger partial charge in [0.2, 0.25) is 0 Å². The van der Waals surface area contributed by atoms with E-state index >= 15 is 0 Å². The third-order valence-electron chi connectivity index (χ3n) is 8.24. The van der Waals surface area contributed by atoms with Crippen molar-refractivity contribution in [2.45, 2.75) is 119 Å². The Morgan fingerprint density at radius 1 is 1.07 bits per heavy atom. The zero-order valence-corrected chi connectivity index (χ0v) is 29.5. The smallest absolute Gasteiger partial charge is 0.416 e. The van der Waals surface area contributed by atoms with Gasteiger partial charge in [0.15, 0.2) is 0 Å². The summed E-state index contributed by atoms with van der Waals surface area (Å²) in [4.78, 5) is 31.1. The number of hydrogen-bond acceptors (Lipinski definition) is 5. The molecule has 0 N–H and O–H groups in total. The van der Waals surface area contributed by atoms with Crippen molar-refractivity contribution in [2.75, 3.05) is 20.7 Å². The van der Waals surface area contributed by atoms with E-state index in [2.05, 4.69) is 18.2 Å². The molecule has 256 valence electrons. The zero-order valence-electron chi connectivity index (χ0n) is 29.5. The van der Waals surface area contributed by atoms with Crippen molar-refractivity contribution in [1.82, 2.24) is 4.90 Å². The Labute approximate surface area is 269 Å². The number of nitrogens with zero attached hydrogens (tertiary/aromatic N) is 2. The molecule has 0 bridgehead atoms. The minimum absolute atomic E-state index is 0.00431. The van der Waals surface area contributed by atoms with E-state index in [0.29, 0.717) is 42.5 Å². The van der Waals surface area contributed by atoms with Crippen LogP contribution in [0.5, 0.6) is 0 Å². The van der Waals surface area contributed by atoms with Crippen LogP contribution in [-0.4, -0.2) is 61.2 Å². The molecule has 6 nitrogen and oxygen atoms in total. The molecule has 1 rings (SSSR count). The highest BCUT2D eigenvalue weighted by atomic mass is 19.4. The maximum atomic E-state index is 14.9. The summed E-state index contributed by atoms with van der Waals surface area (Å²) in [6, 6.07) is -0.294. The first kappa shape index (κ1) is 40.2. The lowest BCUT2D eigenvalue weighted by Crippen LogP contribution is -2.44. The van der Waals surface area contributed by atoms with Crippen molar-refractivity contribution >= 4 is 17.8 Å². The number of ether oxygens (including phenoxy) is 2. The van der Waals surface area contributed by atoms with Crippen LogP contribution in [0.3, 0.4) is 0 Å². The summed E-state index contributed by atoms with van der Waals surface area (Å²) in [5, 5.41) is 0. The molecule has 0 aliphatic heterocycles. The van der Waals surface area contributed by atoms with Crippen molar-refractivity contribution in [1.29, 1.82) is 0 Å². The normalized spacial score (nSPS) is 20.2. The van der Waals surface area contributed by atoms with Gasteiger partial charge in [0, 0.05) is 30.9 Å². The number of aliphatic imine (C=N–C) groups is 1. The third-order valence-corrected chi connectivity index (χ3v) is 8.24. The molecule has 1 aliphatic rings. The summed E-state index contributed by atoms with van der Waals surface area (Å²) in [6.45, 7) is 25.2. The molecule has 0 aromatic rings. The highest BCUT2D eigenvalue weighted by Crippen LogP contribution is 2.41. The van der Waals surface area contributed by atoms with Crippen LogP contribution in [-0.2, 0) is 14.3 Å². The number of rotatable bonds is 13. The van der Waals surface area contributed by atoms with Gasteiger partial charge in [0.05, 0.1) is 18.6 Å². The fourth-order valence-corrected chi connectivity index (χ4v) is 5.94. The van der Waals surface area contributed by atoms with Gasteiger partial charge >= 0.3 is 18.2 Å². The summed E-state index contributed by atoms with van der Waals surface area (Å²) in [5.41, 5.74) is 0.393. The molecule has 9 heteroatoms. The molecule has 1 aliphatic carbocycles. The lowest BCUT2D eigenvalue weighted by molar-refractivity contribution is -0.147. The molecule has 0 aromatic carbocycles. The summed E-state index contributed by atoms with van der Waals surface area (Å²) < 4.78 is 55.4. The predicted octanol–water partition coefficient (Wildman–Crippen LogP) is 9.67. The molecule has 1 saturated carbocycles. The second-order valence-electron chi connectivity index (χ2n) is 14.0. The molecular weight excluding hydrogens is 581 g/mol. The number of amides is 1. The number of carbonyl (C=O) groups is 2. The molecule has 1 fully saturated rings. The standard InChI is InChI=1S/C36H57F3N2O4/c1-22(2)21-41(34(43)45-35(9,10)11)26(7)17-24(5)18-30(23(3)4)32(27(8)40-12)31(36(37,38)39)19-25(6)28-15-14-16-29(20-28)33(42)44-13/h19,22,25-26,28-29H,3,5,14-18,20-21H2,1-2,4,6-13H3/b31-19+,32-30+,40-27-/t25?,26-,28?,29?/m1/s1. The average molecular weight is 639 g/mol. The van der Waals surface area contributed by atoms with Crippen LogP contribution in [0.2, 0.25) is 0 Å². The largest absolute Gasteiger partial charge is 0.469 e. The molecule has 0 aromatic heterocycles. The van der Waals surface area contributed by atoms with Crippen molar-refractivity contribution in [3.63, 3.8) is 0 Å². The summed E-state index contributed by atoms with van der Waals surface area (Å²) in [6.07, 6.45) is -0.615. The minimum Gasteiger partial charge on any atom is -0.469 e. The highest BCUT2D eigenvalue weighted by Gasteiger charge is 2.40. The summed E-state index contributed by atoms with van der Waals surface area (Å²) >= 11 is 0. The Bertz CT molecular complexity index is 1160. The van der Waals surface area contributed by atoms with Crippen LogP contribution in [0, 0.1) is 23.7 Å². The fourth-order valence-electron chi connectivity index (χ4n) is 5.94. The Hall–Kier alpha value is -2.84. The van der Waals surface area contributed by atoms with E-state index in [4.69, 9.17) is 9.47 Å². The number of allylic oxidation sites excluding steroid dienone is 5. The van der Waals surface area contributed by atoms with Gasteiger partial charge in [-0.15, -0.1) is 0 Å². The average Bonchev–Trinajstić information content (AvgIpc) is 2.92. The number of halogens is 3. The van der Waals surface area contributed by atoms with Gasteiger partial charge in [-0.1, -0.05) is 57.6 Å². The van der Waals surface area contributed by atoms with Crippen molar-refractivity contribution in [2.24, 2.45) is 28.7 Å². The van der Waals surface area contributed by atoms with Crippen molar-refractivity contribution < 1.29 is 32.2 Å². The van der Waals surface area contributed by atoms with E-state index in [0.717, 1.165) is 12.8 Å². The number of alkyl halides is 3. The van der Waals surface area contributed by atoms with Crippen LogP contribution >= 0.6 is 0 Å². The molecule has 1 amide bonds. The Kier molecular flexibility index (Phi) is 15.3. The number of methoxy groups -OCH3 is 1. The van der Waals surface area contributed by atoms with Crippen LogP contribution in [0.25, 0.3) is 0 Å². The Morgan fingerprint density at radius 3 is 2.13 bits per heavy atom. The van der Waals surface area contributed by atoms with E-state index in [-0.39, 0.29) is 47.5 Å². The van der Waals surface area contributed by atoms with E-state index < -0.39 is 29.4 Å². The number of hydrogen-bond donors (Lipinski definition) is 0. The molecule has 0 radical (unpaired) electrons. The van der Waals surface area contributed by atoms with Crippen LogP contribution < -0.4 is 0 Å². The Morgan fingerprint density at radius 2 is 1.67 bits per heavy atom. The van der Waals surface area contributed by atoms with Crippen LogP contribution in [0.1, 0.15) is 101 Å². The molecular formula is C36H57F3N2O4. The quantitative estimate of drug-likeness (QED) is 0.0872. The predicted molar refractivity (Wildman–Crippen MR) is 177 cm³/mol. The SMILES string of the molecule is C=C(C/C(C(=C)C)=C(C(/C)=N\C)\C(=C/C(C)C1CCCC(C(=O)OC)C1)C(F)(F)F)C[C@@H](C)N(CC(C)C)C(=O)OC(C)(C)C. The first-order chi connectivity index (χ1) is 20.6. The maximum Gasteiger partial charge on any atom is 0.416 e. The lowest BCUT2D eigenvalue weighted by atomic mass is 9.74. The van der Waals surface area contributed by atoms with E-state index in [1.165, 1.54) is 20.2 Å². The molecule has 45 heavy (non-hydrogen) atoms. The van der Waals surface area contributed by atoms with Gasteiger partial charge in [-0.3, -0.25) is 9.79 Å². The van der Waals surface area contributed by atoms with Gasteiger partial charge < -0.3 is 14.4 Å². The van der Waals surface area contributed by atoms with Gasteiger partial charge in [-0.05, 0) is 97.0 Å². The monoisotopic (exact) mass is 638 g/mol. The van der Waals surface area contributed by atoms with E-state index in [1.807, 2.05) is 41.5 Å². The van der Waals surface area contributed by atoms with Crippen LogP contribution in [0.4, 0.5) is 18.0 Å². The molecule has 3 unspecified atom stereocenters. The maximum absolute atomic E-state index is 14.9. The highest BCUT2D eigenvalue weighted by molar-refractivity contribution is 6.03. The first-order valence-electron chi connectivity index (χ1n) is 16.0. The van der Waals surface area contributed by atoms with Gasteiger partial charge in [-0.25, -0.2) is 4.79 Å². The number of carbonyl (C=O) groups excluding carboxylic acids is 2. The zero-order chi connectivity index (χ0) is 34.9. The first-order valence-corrected chi connectivity index (χ1v) is 16.0. The second-order valence-corrected chi connectivity index (χ2v) is 14.0. The molecule has 4 atom stereocenters. The summed E-state index contributed by atoms with van der Waals surface area (Å²) in [7, 11) is 2.82. The molecule has 0 heterocycles. The van der Waals surface area contributed by atoms with Crippen molar-refractivity contribution in [3.8, 4) is 0 Å². The topological polar surface area (TPSA) is 68.2 Å². The fraction of sp³-hybridized carbons (Fsp3) is 0.694. The number of esters is 1. The van der Waals surface area contributed by atoms with Gasteiger partial charge in [0.1, 0.15) is 5.60 Å². The second kappa shape index (κ2) is 17.2. The summed E-state index contributed by atoms with van der Waals surface area (Å²) in [5.74, 6) is -0.967. The van der Waals surface area contributed by atoms with E-state index in [1.54, 1.807) is 25.7 Å². The van der Waals surface area contributed by atoms with Crippen molar-refractivity contribution in [3.05, 3.63) is 47.1 Å². The lowest BCUT2D eigenvalue weighted by Gasteiger charge is -2.33. The Balaban J connectivity index is 3.56. The van der Waals surface area contributed by atoms with Gasteiger partial charge in [0.25, 0.3) is 0 Å². The van der Waals surface area contributed by atoms with E-state index in [9.17, 15) is 22.8 Å². The van der Waals surface area contributed by atoms with Crippen LogP contribution in [0.15, 0.2) is 52.1 Å². The molecule has 0 spiro atoms. The van der Waals surface area contributed by atoms with Gasteiger partial charge in [-0.2, -0.15) is 13.2 Å². The third kappa shape index (κ3) is 12.8. The minimum atomic E-state index is -4.66.